The van der Waals surface area contributed by atoms with E-state index in [4.69, 9.17) is 16.3 Å². The molecule has 148 valence electrons. The molecule has 0 aromatic heterocycles. The van der Waals surface area contributed by atoms with Crippen molar-refractivity contribution < 1.29 is 19.1 Å². The van der Waals surface area contributed by atoms with Gasteiger partial charge in [0.15, 0.2) is 0 Å². The van der Waals surface area contributed by atoms with Crippen molar-refractivity contribution in [1.29, 1.82) is 0 Å². The van der Waals surface area contributed by atoms with Crippen molar-refractivity contribution in [3.05, 3.63) is 28.8 Å². The van der Waals surface area contributed by atoms with Gasteiger partial charge in [-0.3, -0.25) is 9.59 Å². The van der Waals surface area contributed by atoms with Crippen LogP contribution < -0.4 is 4.90 Å². The summed E-state index contributed by atoms with van der Waals surface area (Å²) in [5.41, 5.74) is 1.64. The van der Waals surface area contributed by atoms with Crippen LogP contribution in [0.15, 0.2) is 18.2 Å². The molecule has 0 saturated carbocycles. The fourth-order valence-electron chi connectivity index (χ4n) is 3.04. The van der Waals surface area contributed by atoms with Gasteiger partial charge in [0.2, 0.25) is 11.8 Å². The molecule has 0 atom stereocenters. The molecule has 0 N–H and O–H groups in total. The lowest BCUT2D eigenvalue weighted by atomic mass is 10.1. The van der Waals surface area contributed by atoms with Gasteiger partial charge < -0.3 is 19.4 Å². The molecule has 1 aliphatic heterocycles. The molecule has 1 aliphatic rings. The van der Waals surface area contributed by atoms with E-state index in [9.17, 15) is 14.4 Å². The molecule has 0 bridgehead atoms. The van der Waals surface area contributed by atoms with Crippen molar-refractivity contribution in [3.63, 3.8) is 0 Å². The predicted octanol–water partition coefficient (Wildman–Crippen LogP) is 2.69. The molecule has 8 heteroatoms. The van der Waals surface area contributed by atoms with Crippen molar-refractivity contribution in [2.24, 2.45) is 0 Å². The largest absolute Gasteiger partial charge is 0.450 e. The third-order valence-electron chi connectivity index (χ3n) is 4.55. The highest BCUT2D eigenvalue weighted by Gasteiger charge is 2.25. The molecule has 0 spiro atoms. The van der Waals surface area contributed by atoms with Crippen LogP contribution in [-0.4, -0.2) is 67.0 Å². The van der Waals surface area contributed by atoms with Crippen molar-refractivity contribution in [3.8, 4) is 0 Å². The van der Waals surface area contributed by atoms with Crippen molar-refractivity contribution in [1.82, 2.24) is 9.80 Å². The Balaban J connectivity index is 1.92. The predicted molar refractivity (Wildman–Crippen MR) is 104 cm³/mol. The fourth-order valence-corrected chi connectivity index (χ4v) is 3.21. The second-order valence-electron chi connectivity index (χ2n) is 6.42. The van der Waals surface area contributed by atoms with Gasteiger partial charge in [-0.25, -0.2) is 4.79 Å². The quantitative estimate of drug-likeness (QED) is 0.768. The Kier molecular flexibility index (Phi) is 7.47. The smallest absolute Gasteiger partial charge is 0.409 e. The first-order valence-corrected chi connectivity index (χ1v) is 9.45. The molecule has 1 aromatic rings. The zero-order chi connectivity index (χ0) is 20.0. The summed E-state index contributed by atoms with van der Waals surface area (Å²) in [7, 11) is 0. The summed E-state index contributed by atoms with van der Waals surface area (Å²) in [6.45, 7) is 7.60. The van der Waals surface area contributed by atoms with Crippen LogP contribution in [0, 0.1) is 6.92 Å². The van der Waals surface area contributed by atoms with Crippen LogP contribution in [0.1, 0.15) is 25.8 Å². The summed E-state index contributed by atoms with van der Waals surface area (Å²) in [5, 5.41) is 0.545. The van der Waals surface area contributed by atoms with E-state index in [0.29, 0.717) is 37.8 Å². The molecule has 3 amide bonds. The summed E-state index contributed by atoms with van der Waals surface area (Å²) in [6.07, 6.45) is -0.130. The van der Waals surface area contributed by atoms with E-state index in [0.717, 1.165) is 11.3 Å². The Hall–Kier alpha value is -2.28. The van der Waals surface area contributed by atoms with Gasteiger partial charge in [0.1, 0.15) is 0 Å². The molecular formula is C19H26ClN3O4. The second kappa shape index (κ2) is 9.60. The van der Waals surface area contributed by atoms with E-state index >= 15 is 0 Å². The third-order valence-corrected chi connectivity index (χ3v) is 4.78. The normalized spacial score (nSPS) is 14.1. The second-order valence-corrected chi connectivity index (χ2v) is 6.85. The Morgan fingerprint density at radius 1 is 1.15 bits per heavy atom. The van der Waals surface area contributed by atoms with E-state index in [1.165, 1.54) is 6.92 Å². The number of rotatable bonds is 5. The molecular weight excluding hydrogens is 370 g/mol. The van der Waals surface area contributed by atoms with Crippen LogP contribution in [0.25, 0.3) is 0 Å². The van der Waals surface area contributed by atoms with Gasteiger partial charge in [0.05, 0.1) is 6.61 Å². The number of hydrogen-bond donors (Lipinski definition) is 0. The number of halogens is 1. The van der Waals surface area contributed by atoms with Crippen LogP contribution in [-0.2, 0) is 14.3 Å². The summed E-state index contributed by atoms with van der Waals surface area (Å²) in [4.78, 5) is 41.2. The standard InChI is InChI=1S/C19H26ClN3O4/c1-4-27-19(26)22-11-9-21(10-12-22)18(25)7-8-23(15(3)24)17-13-16(20)6-5-14(17)2/h5-6,13H,4,7-12H2,1-3H3. The van der Waals surface area contributed by atoms with Crippen molar-refractivity contribution in [2.45, 2.75) is 27.2 Å². The maximum atomic E-state index is 12.5. The topological polar surface area (TPSA) is 70.2 Å². The minimum absolute atomic E-state index is 0.0376. The first-order valence-electron chi connectivity index (χ1n) is 9.07. The maximum absolute atomic E-state index is 12.5. The lowest BCUT2D eigenvalue weighted by Crippen LogP contribution is -2.51. The average Bonchev–Trinajstić information content (AvgIpc) is 2.64. The minimum Gasteiger partial charge on any atom is -0.450 e. The molecule has 1 fully saturated rings. The molecule has 1 aromatic carbocycles. The lowest BCUT2D eigenvalue weighted by Gasteiger charge is -2.34. The Labute approximate surface area is 164 Å². The summed E-state index contributed by atoms with van der Waals surface area (Å²) in [5.74, 6) is -0.176. The Morgan fingerprint density at radius 2 is 1.78 bits per heavy atom. The summed E-state index contributed by atoms with van der Waals surface area (Å²) < 4.78 is 4.98. The van der Waals surface area contributed by atoms with Gasteiger partial charge in [-0.2, -0.15) is 0 Å². The van der Waals surface area contributed by atoms with Gasteiger partial charge in [0.25, 0.3) is 0 Å². The number of anilines is 1. The molecule has 7 nitrogen and oxygen atoms in total. The van der Waals surface area contributed by atoms with E-state index < -0.39 is 0 Å². The molecule has 1 saturated heterocycles. The van der Waals surface area contributed by atoms with Crippen LogP contribution in [0.4, 0.5) is 10.5 Å². The number of piperazine rings is 1. The highest BCUT2D eigenvalue weighted by molar-refractivity contribution is 6.31. The number of ether oxygens (including phenoxy) is 1. The SMILES string of the molecule is CCOC(=O)N1CCN(C(=O)CCN(C(C)=O)c2cc(Cl)ccc2C)CC1. The number of carbonyl (C=O) groups is 3. The zero-order valence-corrected chi connectivity index (χ0v) is 16.8. The van der Waals surface area contributed by atoms with E-state index in [1.807, 2.05) is 13.0 Å². The monoisotopic (exact) mass is 395 g/mol. The molecule has 0 aliphatic carbocycles. The first-order chi connectivity index (χ1) is 12.8. The van der Waals surface area contributed by atoms with Crippen molar-refractivity contribution in [2.75, 3.05) is 44.2 Å². The van der Waals surface area contributed by atoms with Crippen LogP contribution in [0.2, 0.25) is 5.02 Å². The molecule has 1 heterocycles. The highest BCUT2D eigenvalue weighted by Crippen LogP contribution is 2.25. The zero-order valence-electron chi connectivity index (χ0n) is 16.0. The number of aryl methyl sites for hydroxylation is 1. The Morgan fingerprint density at radius 3 is 2.37 bits per heavy atom. The van der Waals surface area contributed by atoms with Crippen LogP contribution >= 0.6 is 11.6 Å². The average molecular weight is 396 g/mol. The maximum Gasteiger partial charge on any atom is 0.409 e. The van der Waals surface area contributed by atoms with Crippen LogP contribution in [0.3, 0.4) is 0 Å². The number of amides is 3. The molecule has 0 radical (unpaired) electrons. The molecule has 0 unspecified atom stereocenters. The van der Waals surface area contributed by atoms with Gasteiger partial charge >= 0.3 is 6.09 Å². The number of carbonyl (C=O) groups excluding carboxylic acids is 3. The van der Waals surface area contributed by atoms with E-state index in [1.54, 1.807) is 33.8 Å². The fraction of sp³-hybridized carbons (Fsp3) is 0.526. The number of hydrogen-bond acceptors (Lipinski definition) is 4. The van der Waals surface area contributed by atoms with Gasteiger partial charge in [0, 0.05) is 56.8 Å². The number of nitrogens with zero attached hydrogens (tertiary/aromatic N) is 3. The first kappa shape index (κ1) is 21.0. The van der Waals surface area contributed by atoms with E-state index in [2.05, 4.69) is 0 Å². The summed E-state index contributed by atoms with van der Waals surface area (Å²) in [6, 6.07) is 5.36. The van der Waals surface area contributed by atoms with Gasteiger partial charge in [-0.05, 0) is 31.5 Å². The number of benzene rings is 1. The summed E-state index contributed by atoms with van der Waals surface area (Å²) >= 11 is 6.06. The van der Waals surface area contributed by atoms with Crippen molar-refractivity contribution >= 4 is 35.2 Å². The Bertz CT molecular complexity index is 702. The van der Waals surface area contributed by atoms with Gasteiger partial charge in [-0.15, -0.1) is 0 Å². The highest BCUT2D eigenvalue weighted by atomic mass is 35.5. The lowest BCUT2D eigenvalue weighted by molar-refractivity contribution is -0.132. The molecule has 27 heavy (non-hydrogen) atoms. The minimum atomic E-state index is -0.344. The third kappa shape index (κ3) is 5.60. The van der Waals surface area contributed by atoms with E-state index in [-0.39, 0.29) is 30.9 Å². The van der Waals surface area contributed by atoms with Gasteiger partial charge in [-0.1, -0.05) is 17.7 Å². The van der Waals surface area contributed by atoms with Crippen LogP contribution in [0.5, 0.6) is 0 Å². The molecule has 2 rings (SSSR count).